The van der Waals surface area contributed by atoms with E-state index in [1.54, 1.807) is 26.2 Å². The first-order valence-corrected chi connectivity index (χ1v) is 10.4. The predicted molar refractivity (Wildman–Crippen MR) is 114 cm³/mol. The van der Waals surface area contributed by atoms with Gasteiger partial charge in [0.2, 0.25) is 35.2 Å². The highest BCUT2D eigenvalue weighted by molar-refractivity contribution is 5.61. The smallest absolute Gasteiger partial charge is 0.224 e. The second kappa shape index (κ2) is 9.99. The molecule has 1 saturated carbocycles. The average Bonchev–Trinajstić information content (AvgIpc) is 3.40. The van der Waals surface area contributed by atoms with Gasteiger partial charge in [-0.3, -0.25) is 0 Å². The Labute approximate surface area is 185 Å². The molecule has 1 aliphatic rings. The fourth-order valence-electron chi connectivity index (χ4n) is 2.93. The Hall–Kier alpha value is -3.82. The van der Waals surface area contributed by atoms with Crippen molar-refractivity contribution < 1.29 is 18.5 Å². The first-order chi connectivity index (χ1) is 15.6. The molecule has 4 heterocycles. The van der Waals surface area contributed by atoms with Crippen LogP contribution in [-0.2, 0) is 0 Å². The molecule has 10 heteroatoms. The number of aryl methyl sites for hydroxylation is 2. The predicted octanol–water partition coefficient (Wildman–Crippen LogP) is 4.21. The van der Waals surface area contributed by atoms with Gasteiger partial charge in [-0.1, -0.05) is 10.3 Å². The molecule has 166 valence electrons. The minimum Gasteiger partial charge on any atom is -0.477 e. The van der Waals surface area contributed by atoms with E-state index in [1.165, 1.54) is 6.42 Å². The van der Waals surface area contributed by atoms with Crippen LogP contribution >= 0.6 is 0 Å². The topological polar surface area (TPSA) is 122 Å². The fourth-order valence-corrected chi connectivity index (χ4v) is 2.93. The molecule has 4 aromatic rings. The lowest BCUT2D eigenvalue weighted by Crippen LogP contribution is -2.25. The SMILES string of the molecule is CCOc1ncccc1-c1noc(C)n1.Cc1nc(-c2cccnc2OC2CCC2)no1. The third-order valence-corrected chi connectivity index (χ3v) is 4.69. The molecule has 0 bridgehead atoms. The van der Waals surface area contributed by atoms with E-state index >= 15 is 0 Å². The van der Waals surface area contributed by atoms with E-state index in [4.69, 9.17) is 18.5 Å². The highest BCUT2D eigenvalue weighted by Gasteiger charge is 2.22. The number of pyridine rings is 2. The van der Waals surface area contributed by atoms with E-state index in [0.717, 1.165) is 24.0 Å². The molecule has 5 rings (SSSR count). The molecular formula is C22H24N6O4. The zero-order valence-electron chi connectivity index (χ0n) is 18.2. The van der Waals surface area contributed by atoms with Crippen LogP contribution in [0.1, 0.15) is 38.0 Å². The number of rotatable bonds is 6. The van der Waals surface area contributed by atoms with Crippen LogP contribution in [0.25, 0.3) is 22.8 Å². The van der Waals surface area contributed by atoms with Crippen molar-refractivity contribution in [1.82, 2.24) is 30.2 Å². The summed E-state index contributed by atoms with van der Waals surface area (Å²) in [5, 5.41) is 7.71. The molecular weight excluding hydrogens is 412 g/mol. The van der Waals surface area contributed by atoms with Crippen molar-refractivity contribution in [2.24, 2.45) is 0 Å². The Morgan fingerprint density at radius 2 is 1.44 bits per heavy atom. The fraction of sp³-hybridized carbons (Fsp3) is 0.364. The molecule has 0 spiro atoms. The lowest BCUT2D eigenvalue weighted by Gasteiger charge is -2.26. The van der Waals surface area contributed by atoms with Gasteiger partial charge in [-0.2, -0.15) is 9.97 Å². The minimum absolute atomic E-state index is 0.289. The summed E-state index contributed by atoms with van der Waals surface area (Å²) >= 11 is 0. The maximum atomic E-state index is 5.81. The standard InChI is InChI=1S/C12H13N3O2.C10H11N3O2/c1-8-14-11(15-17-8)10-6-3-7-13-12(10)16-9-4-2-5-9;1-3-14-10-8(5-4-6-11-10)9-12-7(2)15-13-9/h3,6-7,9H,2,4-5H2,1H3;4-6H,3H2,1-2H3. The largest absolute Gasteiger partial charge is 0.477 e. The summed E-state index contributed by atoms with van der Waals surface area (Å²) in [4.78, 5) is 16.7. The Morgan fingerprint density at radius 3 is 1.91 bits per heavy atom. The molecule has 10 nitrogen and oxygen atoms in total. The average molecular weight is 436 g/mol. The molecule has 0 aliphatic heterocycles. The van der Waals surface area contributed by atoms with Crippen LogP contribution in [0.2, 0.25) is 0 Å². The first kappa shape index (κ1) is 21.4. The Morgan fingerprint density at radius 1 is 0.875 bits per heavy atom. The monoisotopic (exact) mass is 436 g/mol. The van der Waals surface area contributed by atoms with Crippen molar-refractivity contribution in [1.29, 1.82) is 0 Å². The second-order valence-electron chi connectivity index (χ2n) is 7.09. The van der Waals surface area contributed by atoms with Gasteiger partial charge in [-0.05, 0) is 50.5 Å². The van der Waals surface area contributed by atoms with E-state index in [9.17, 15) is 0 Å². The Kier molecular flexibility index (Phi) is 6.69. The molecule has 1 aliphatic carbocycles. The maximum Gasteiger partial charge on any atom is 0.224 e. The van der Waals surface area contributed by atoms with Crippen LogP contribution in [-0.4, -0.2) is 43.0 Å². The molecule has 0 aromatic carbocycles. The molecule has 4 aromatic heterocycles. The lowest BCUT2D eigenvalue weighted by molar-refractivity contribution is 0.115. The molecule has 1 fully saturated rings. The lowest BCUT2D eigenvalue weighted by atomic mass is 9.96. The van der Waals surface area contributed by atoms with Gasteiger partial charge in [-0.15, -0.1) is 0 Å². The number of hydrogen-bond donors (Lipinski definition) is 0. The van der Waals surface area contributed by atoms with Gasteiger partial charge in [0.05, 0.1) is 17.7 Å². The molecule has 0 unspecified atom stereocenters. The van der Waals surface area contributed by atoms with E-state index in [0.29, 0.717) is 41.8 Å². The van der Waals surface area contributed by atoms with E-state index in [-0.39, 0.29) is 6.10 Å². The highest BCUT2D eigenvalue weighted by Crippen LogP contribution is 2.30. The molecule has 32 heavy (non-hydrogen) atoms. The van der Waals surface area contributed by atoms with Crippen LogP contribution in [0, 0.1) is 13.8 Å². The summed E-state index contributed by atoms with van der Waals surface area (Å²) < 4.78 is 21.1. The van der Waals surface area contributed by atoms with Crippen LogP contribution in [0.4, 0.5) is 0 Å². The van der Waals surface area contributed by atoms with Crippen molar-refractivity contribution >= 4 is 0 Å². The number of aromatic nitrogens is 6. The van der Waals surface area contributed by atoms with E-state index < -0.39 is 0 Å². The minimum atomic E-state index is 0.289. The third kappa shape index (κ3) is 5.08. The quantitative estimate of drug-likeness (QED) is 0.434. The van der Waals surface area contributed by atoms with Gasteiger partial charge < -0.3 is 18.5 Å². The van der Waals surface area contributed by atoms with Gasteiger partial charge >= 0.3 is 0 Å². The maximum absolute atomic E-state index is 5.81. The highest BCUT2D eigenvalue weighted by atomic mass is 16.5. The molecule has 0 amide bonds. The van der Waals surface area contributed by atoms with E-state index in [1.807, 2.05) is 31.2 Å². The second-order valence-corrected chi connectivity index (χ2v) is 7.09. The van der Waals surface area contributed by atoms with Crippen LogP contribution < -0.4 is 9.47 Å². The first-order valence-electron chi connectivity index (χ1n) is 10.4. The molecule has 0 N–H and O–H groups in total. The van der Waals surface area contributed by atoms with Crippen molar-refractivity contribution in [3.8, 4) is 34.5 Å². The summed E-state index contributed by atoms with van der Waals surface area (Å²) in [6.45, 7) is 5.97. The Bertz CT molecular complexity index is 1150. The van der Waals surface area contributed by atoms with Gasteiger partial charge in [-0.25, -0.2) is 9.97 Å². The Balaban J connectivity index is 0.000000155. The van der Waals surface area contributed by atoms with Crippen molar-refractivity contribution in [3.05, 3.63) is 48.4 Å². The number of nitrogens with zero attached hydrogens (tertiary/aromatic N) is 6. The summed E-state index contributed by atoms with van der Waals surface area (Å²) in [7, 11) is 0. The molecule has 0 radical (unpaired) electrons. The summed E-state index contributed by atoms with van der Waals surface area (Å²) in [5.41, 5.74) is 1.53. The van der Waals surface area contributed by atoms with E-state index in [2.05, 4.69) is 30.2 Å². The van der Waals surface area contributed by atoms with Crippen molar-refractivity contribution in [2.45, 2.75) is 46.1 Å². The van der Waals surface area contributed by atoms with Crippen LogP contribution in [0.3, 0.4) is 0 Å². The molecule has 0 atom stereocenters. The molecule has 0 saturated heterocycles. The normalized spacial score (nSPS) is 13.1. The van der Waals surface area contributed by atoms with Crippen LogP contribution in [0.15, 0.2) is 45.7 Å². The third-order valence-electron chi connectivity index (χ3n) is 4.69. The zero-order chi connectivity index (χ0) is 22.3. The summed E-state index contributed by atoms with van der Waals surface area (Å²) in [6, 6.07) is 7.39. The van der Waals surface area contributed by atoms with Gasteiger partial charge in [0, 0.05) is 26.2 Å². The van der Waals surface area contributed by atoms with Gasteiger partial charge in [0.15, 0.2) is 0 Å². The summed E-state index contributed by atoms with van der Waals surface area (Å²) in [5.74, 6) is 3.22. The van der Waals surface area contributed by atoms with Crippen LogP contribution in [0.5, 0.6) is 11.8 Å². The summed E-state index contributed by atoms with van der Waals surface area (Å²) in [6.07, 6.45) is 7.10. The number of hydrogen-bond acceptors (Lipinski definition) is 10. The zero-order valence-corrected chi connectivity index (χ0v) is 18.2. The number of ether oxygens (including phenoxy) is 2. The van der Waals surface area contributed by atoms with Crippen molar-refractivity contribution in [2.75, 3.05) is 6.61 Å². The van der Waals surface area contributed by atoms with Gasteiger partial charge in [0.1, 0.15) is 6.10 Å². The van der Waals surface area contributed by atoms with Crippen molar-refractivity contribution in [3.63, 3.8) is 0 Å². The van der Waals surface area contributed by atoms with Gasteiger partial charge in [0.25, 0.3) is 0 Å².